The standard InChI is InChI=1S/C16H28NO2.HI/c1-17(10-6-3-7-11-17)12-15-13-18-16(19-15)14-8-4-2-5-9-14;/h2,4,14-16H,3,5-13H2,1H3;1H/q+1;/p-1. The van der Waals surface area contributed by atoms with E-state index >= 15 is 0 Å². The van der Waals surface area contributed by atoms with Gasteiger partial charge in [-0.2, -0.15) is 0 Å². The summed E-state index contributed by atoms with van der Waals surface area (Å²) in [5.41, 5.74) is 0. The fraction of sp³-hybridized carbons (Fsp3) is 0.875. The normalized spacial score (nSPS) is 36.5. The molecule has 2 fully saturated rings. The Labute approximate surface area is 140 Å². The summed E-state index contributed by atoms with van der Waals surface area (Å²) in [4.78, 5) is 0. The van der Waals surface area contributed by atoms with Crippen LogP contribution in [-0.2, 0) is 9.47 Å². The Morgan fingerprint density at radius 1 is 1.15 bits per heavy atom. The summed E-state index contributed by atoms with van der Waals surface area (Å²) in [6.07, 6.45) is 12.6. The number of likely N-dealkylation sites (N-methyl/N-ethyl adjacent to an activating group) is 1. The molecule has 20 heavy (non-hydrogen) atoms. The summed E-state index contributed by atoms with van der Waals surface area (Å²) < 4.78 is 13.3. The molecule has 3 rings (SSSR count). The second-order valence-corrected chi connectivity index (χ2v) is 6.81. The number of hydrogen-bond acceptors (Lipinski definition) is 2. The SMILES string of the molecule is C[N+]1(CC2COC(C3CC=CCC3)O2)CCCCC1.[I-]. The smallest absolute Gasteiger partial charge is 0.161 e. The molecule has 1 aliphatic carbocycles. The van der Waals surface area contributed by atoms with Crippen molar-refractivity contribution < 1.29 is 37.9 Å². The molecule has 0 aromatic rings. The van der Waals surface area contributed by atoms with Gasteiger partial charge in [-0.1, -0.05) is 12.2 Å². The molecule has 0 spiro atoms. The minimum atomic E-state index is 0. The number of likely N-dealkylation sites (tertiary alicyclic amines) is 1. The summed E-state index contributed by atoms with van der Waals surface area (Å²) >= 11 is 0. The molecule has 2 aliphatic heterocycles. The summed E-state index contributed by atoms with van der Waals surface area (Å²) in [6.45, 7) is 4.57. The van der Waals surface area contributed by atoms with E-state index < -0.39 is 0 Å². The molecule has 0 bridgehead atoms. The highest BCUT2D eigenvalue weighted by Crippen LogP contribution is 2.30. The van der Waals surface area contributed by atoms with Crippen LogP contribution >= 0.6 is 0 Å². The predicted molar refractivity (Wildman–Crippen MR) is 75.7 cm³/mol. The molecular formula is C16H28INO2. The topological polar surface area (TPSA) is 18.5 Å². The molecule has 116 valence electrons. The molecule has 2 heterocycles. The minimum absolute atomic E-state index is 0. The number of allylic oxidation sites excluding steroid dienone is 2. The van der Waals surface area contributed by atoms with Crippen LogP contribution in [0.15, 0.2) is 12.2 Å². The van der Waals surface area contributed by atoms with Crippen LogP contribution in [0.1, 0.15) is 38.5 Å². The quantitative estimate of drug-likeness (QED) is 0.373. The van der Waals surface area contributed by atoms with Gasteiger partial charge < -0.3 is 37.9 Å². The van der Waals surface area contributed by atoms with Gasteiger partial charge in [0.1, 0.15) is 12.6 Å². The van der Waals surface area contributed by atoms with Crippen molar-refractivity contribution in [2.24, 2.45) is 5.92 Å². The van der Waals surface area contributed by atoms with Gasteiger partial charge in [-0.05, 0) is 38.5 Å². The number of nitrogens with zero attached hydrogens (tertiary/aromatic N) is 1. The Kier molecular flexibility index (Phi) is 6.32. The first-order valence-electron chi connectivity index (χ1n) is 8.01. The van der Waals surface area contributed by atoms with Crippen molar-refractivity contribution in [3.05, 3.63) is 12.2 Å². The molecule has 0 radical (unpaired) electrons. The van der Waals surface area contributed by atoms with Crippen molar-refractivity contribution in [3.63, 3.8) is 0 Å². The van der Waals surface area contributed by atoms with Crippen LogP contribution in [0.5, 0.6) is 0 Å². The summed E-state index contributed by atoms with van der Waals surface area (Å²) in [5, 5.41) is 0. The number of rotatable bonds is 3. The van der Waals surface area contributed by atoms with E-state index in [0.717, 1.165) is 19.6 Å². The minimum Gasteiger partial charge on any atom is -1.00 e. The van der Waals surface area contributed by atoms with Gasteiger partial charge in [-0.25, -0.2) is 0 Å². The Morgan fingerprint density at radius 3 is 2.65 bits per heavy atom. The van der Waals surface area contributed by atoms with E-state index in [1.165, 1.54) is 49.7 Å². The zero-order valence-electron chi connectivity index (χ0n) is 12.6. The van der Waals surface area contributed by atoms with Crippen LogP contribution < -0.4 is 24.0 Å². The van der Waals surface area contributed by atoms with E-state index in [0.29, 0.717) is 12.0 Å². The van der Waals surface area contributed by atoms with Gasteiger partial charge in [0.15, 0.2) is 6.29 Å². The first-order chi connectivity index (χ1) is 9.25. The molecule has 0 aromatic carbocycles. The zero-order valence-corrected chi connectivity index (χ0v) is 14.8. The Hall–Kier alpha value is 0.350. The lowest BCUT2D eigenvalue weighted by molar-refractivity contribution is -0.916. The molecule has 0 N–H and O–H groups in total. The van der Waals surface area contributed by atoms with E-state index in [1.807, 2.05) is 0 Å². The highest BCUT2D eigenvalue weighted by Gasteiger charge is 2.37. The third kappa shape index (κ3) is 4.18. The average molecular weight is 393 g/mol. The van der Waals surface area contributed by atoms with E-state index in [-0.39, 0.29) is 30.3 Å². The van der Waals surface area contributed by atoms with E-state index in [4.69, 9.17) is 9.47 Å². The van der Waals surface area contributed by atoms with E-state index in [9.17, 15) is 0 Å². The van der Waals surface area contributed by atoms with Gasteiger partial charge >= 0.3 is 0 Å². The molecule has 0 aromatic heterocycles. The van der Waals surface area contributed by atoms with Gasteiger partial charge in [0.05, 0.1) is 26.7 Å². The summed E-state index contributed by atoms with van der Waals surface area (Å²) in [5.74, 6) is 0.585. The maximum Gasteiger partial charge on any atom is 0.161 e. The van der Waals surface area contributed by atoms with Gasteiger partial charge in [0.2, 0.25) is 0 Å². The van der Waals surface area contributed by atoms with Crippen molar-refractivity contribution in [2.45, 2.75) is 50.9 Å². The van der Waals surface area contributed by atoms with Crippen molar-refractivity contribution in [3.8, 4) is 0 Å². The summed E-state index contributed by atoms with van der Waals surface area (Å²) in [6, 6.07) is 0. The Balaban J connectivity index is 0.00000147. The lowest BCUT2D eigenvalue weighted by Gasteiger charge is -2.39. The highest BCUT2D eigenvalue weighted by molar-refractivity contribution is 4.91. The van der Waals surface area contributed by atoms with Crippen LogP contribution in [0.3, 0.4) is 0 Å². The van der Waals surface area contributed by atoms with Gasteiger partial charge in [-0.3, -0.25) is 0 Å². The first-order valence-corrected chi connectivity index (χ1v) is 8.01. The molecule has 3 unspecified atom stereocenters. The second-order valence-electron chi connectivity index (χ2n) is 6.81. The monoisotopic (exact) mass is 393 g/mol. The lowest BCUT2D eigenvalue weighted by Crippen LogP contribution is -3.00. The maximum absolute atomic E-state index is 6.20. The van der Waals surface area contributed by atoms with E-state index in [2.05, 4.69) is 19.2 Å². The van der Waals surface area contributed by atoms with Crippen molar-refractivity contribution in [2.75, 3.05) is 33.3 Å². The number of piperidine rings is 1. The van der Waals surface area contributed by atoms with Gasteiger partial charge in [-0.15, -0.1) is 0 Å². The van der Waals surface area contributed by atoms with Crippen LogP contribution in [0.25, 0.3) is 0 Å². The highest BCUT2D eigenvalue weighted by atomic mass is 127. The van der Waals surface area contributed by atoms with E-state index in [1.54, 1.807) is 0 Å². The molecular weight excluding hydrogens is 365 g/mol. The Bertz CT molecular complexity index is 328. The van der Waals surface area contributed by atoms with Crippen molar-refractivity contribution >= 4 is 0 Å². The molecule has 3 nitrogen and oxygen atoms in total. The third-order valence-corrected chi connectivity index (χ3v) is 5.01. The molecule has 2 saturated heterocycles. The fourth-order valence-corrected chi connectivity index (χ4v) is 3.83. The molecule has 0 amide bonds. The lowest BCUT2D eigenvalue weighted by atomic mass is 9.94. The third-order valence-electron chi connectivity index (χ3n) is 5.01. The second kappa shape index (κ2) is 7.56. The van der Waals surface area contributed by atoms with Crippen LogP contribution in [-0.4, -0.2) is 50.2 Å². The van der Waals surface area contributed by atoms with Crippen LogP contribution in [0, 0.1) is 5.92 Å². The maximum atomic E-state index is 6.20. The molecule has 3 atom stereocenters. The predicted octanol–water partition coefficient (Wildman–Crippen LogP) is -0.281. The zero-order chi connectivity index (χ0) is 13.1. The number of ether oxygens (including phenoxy) is 2. The summed E-state index contributed by atoms with van der Waals surface area (Å²) in [7, 11) is 2.39. The number of halogens is 1. The van der Waals surface area contributed by atoms with Gasteiger partial charge in [0, 0.05) is 5.92 Å². The Morgan fingerprint density at radius 2 is 1.95 bits per heavy atom. The molecule has 0 saturated carbocycles. The number of hydrogen-bond donors (Lipinski definition) is 0. The largest absolute Gasteiger partial charge is 1.00 e. The van der Waals surface area contributed by atoms with Gasteiger partial charge in [0.25, 0.3) is 0 Å². The van der Waals surface area contributed by atoms with Crippen molar-refractivity contribution in [1.82, 2.24) is 0 Å². The van der Waals surface area contributed by atoms with Crippen molar-refractivity contribution in [1.29, 1.82) is 0 Å². The fourth-order valence-electron chi connectivity index (χ4n) is 3.83. The molecule has 3 aliphatic rings. The number of quaternary nitrogens is 1. The molecule has 4 heteroatoms. The van der Waals surface area contributed by atoms with Crippen LogP contribution in [0.4, 0.5) is 0 Å². The average Bonchev–Trinajstić information content (AvgIpc) is 2.88. The van der Waals surface area contributed by atoms with Crippen LogP contribution in [0.2, 0.25) is 0 Å². The first kappa shape index (κ1) is 16.7.